The largest absolute Gasteiger partial charge is 0.491 e. The Hall–Kier alpha value is -12.5. The van der Waals surface area contributed by atoms with Crippen molar-refractivity contribution in [3.05, 3.63) is 211 Å². The first-order valence-corrected chi connectivity index (χ1v) is 37.2. The molecule has 27 nitrogen and oxygen atoms in total. The second-order valence-electron chi connectivity index (χ2n) is 24.5. The van der Waals surface area contributed by atoms with Crippen LogP contribution in [0.5, 0.6) is 17.2 Å². The van der Waals surface area contributed by atoms with Crippen LogP contribution in [-0.2, 0) is 9.47 Å². The molecule has 0 spiro atoms. The Balaban J connectivity index is 0.000000138. The van der Waals surface area contributed by atoms with Gasteiger partial charge in [-0.2, -0.15) is 0 Å². The highest BCUT2D eigenvalue weighted by molar-refractivity contribution is 8.00. The van der Waals surface area contributed by atoms with Gasteiger partial charge in [-0.05, 0) is 73.8 Å². The highest BCUT2D eigenvalue weighted by atomic mass is 32.2. The van der Waals surface area contributed by atoms with Crippen LogP contribution < -0.4 is 19.9 Å². The zero-order chi connectivity index (χ0) is 77.9. The number of pyridine rings is 10. The Labute approximate surface area is 646 Å². The highest BCUT2D eigenvalue weighted by Crippen LogP contribution is 2.37. The van der Waals surface area contributed by atoms with Gasteiger partial charge in [0.05, 0.1) is 111 Å². The SMILES string of the molecule is CC(C)Sc1cc(/C=N/O)nc2c1ccc1cccnc12.CCN(CC)CCOc1cc(/C=N/O)nc2c1ccc1cccnc12.COCCOc1cc(/C=N/O)nc2c1ccc1cccnc12.COCCSc1cc(/C=N/O)nc2c1ccc1cccnc12.NCCOc1cc(/C=N/O)nc2c1ccc1cccnc12. The first kappa shape index (κ1) is 79.5. The quantitative estimate of drug-likeness (QED) is 0.00817. The van der Waals surface area contributed by atoms with Gasteiger partial charge in [-0.15, -0.1) is 23.5 Å². The van der Waals surface area contributed by atoms with Gasteiger partial charge in [0.15, 0.2) is 0 Å². The lowest BCUT2D eigenvalue weighted by Gasteiger charge is -2.18. The smallest absolute Gasteiger partial charge is 0.131 e. The number of fused-ring (bicyclic) bond motifs is 15. The van der Waals surface area contributed by atoms with Crippen molar-refractivity contribution in [2.45, 2.75) is 42.7 Å². The van der Waals surface area contributed by atoms with E-state index in [1.54, 1.807) is 86.9 Å². The average molecular weight is 1530 g/mol. The van der Waals surface area contributed by atoms with E-state index in [4.69, 9.17) is 55.5 Å². The first-order valence-electron chi connectivity index (χ1n) is 35.3. The van der Waals surface area contributed by atoms with Crippen LogP contribution in [0.3, 0.4) is 0 Å². The van der Waals surface area contributed by atoms with E-state index in [0.29, 0.717) is 95.8 Å². The van der Waals surface area contributed by atoms with Crippen molar-refractivity contribution in [2.75, 3.05) is 79.2 Å². The molecule has 15 aromatic rings. The number of hydrogen-bond acceptors (Lipinski definition) is 29. The summed E-state index contributed by atoms with van der Waals surface area (Å²) in [6.45, 7) is 14.4. The summed E-state index contributed by atoms with van der Waals surface area (Å²) in [5.74, 6) is 2.86. The third kappa shape index (κ3) is 20.1. The Bertz CT molecular complexity index is 5720. The van der Waals surface area contributed by atoms with Crippen LogP contribution in [0.2, 0.25) is 0 Å². The number of likely N-dealkylation sites (N-methyl/N-ethyl adjacent to an activating group) is 1. The molecule has 0 fully saturated rings. The number of benzene rings is 5. The minimum atomic E-state index is 0.398. The van der Waals surface area contributed by atoms with Gasteiger partial charge >= 0.3 is 0 Å². The van der Waals surface area contributed by atoms with E-state index in [0.717, 1.165) is 139 Å². The lowest BCUT2D eigenvalue weighted by molar-refractivity contribution is 0.147. The van der Waals surface area contributed by atoms with E-state index < -0.39 is 0 Å². The maximum absolute atomic E-state index is 8.87. The molecular formula is C82H81N17O10S2. The minimum Gasteiger partial charge on any atom is -0.491 e. The van der Waals surface area contributed by atoms with Gasteiger partial charge < -0.3 is 60.4 Å². The highest BCUT2D eigenvalue weighted by Gasteiger charge is 2.17. The summed E-state index contributed by atoms with van der Waals surface area (Å²) in [5, 5.41) is 69.6. The van der Waals surface area contributed by atoms with E-state index in [9.17, 15) is 0 Å². The van der Waals surface area contributed by atoms with E-state index in [2.05, 4.69) is 126 Å². The van der Waals surface area contributed by atoms with Gasteiger partial charge in [-0.1, -0.05) is 126 Å². The van der Waals surface area contributed by atoms with Crippen molar-refractivity contribution in [2.24, 2.45) is 31.5 Å². The molecule has 0 aliphatic carbocycles. The number of hydrogen-bond donors (Lipinski definition) is 6. The molecule has 0 aliphatic rings. The number of methoxy groups -OCH3 is 2. The van der Waals surface area contributed by atoms with Gasteiger partial charge in [-0.25, -0.2) is 24.9 Å². The summed E-state index contributed by atoms with van der Waals surface area (Å²) in [4.78, 5) is 49.3. The fourth-order valence-electron chi connectivity index (χ4n) is 12.0. The Morgan fingerprint density at radius 2 is 0.703 bits per heavy atom. The second-order valence-corrected chi connectivity index (χ2v) is 27.3. The maximum atomic E-state index is 8.87. The molecule has 0 saturated carbocycles. The van der Waals surface area contributed by atoms with Crippen LogP contribution in [0.1, 0.15) is 56.2 Å². The van der Waals surface area contributed by atoms with Crippen LogP contribution >= 0.6 is 23.5 Å². The molecule has 0 bridgehead atoms. The van der Waals surface area contributed by atoms with Crippen molar-refractivity contribution < 1.29 is 49.7 Å². The van der Waals surface area contributed by atoms with Crippen LogP contribution in [0.25, 0.3) is 109 Å². The van der Waals surface area contributed by atoms with Crippen LogP contribution in [-0.4, -0.2) is 196 Å². The van der Waals surface area contributed by atoms with Crippen molar-refractivity contribution in [3.63, 3.8) is 0 Å². The predicted molar refractivity (Wildman–Crippen MR) is 441 cm³/mol. The molecule has 15 rings (SSSR count). The molecule has 10 heterocycles. The molecule has 0 atom stereocenters. The molecule has 0 amide bonds. The Kier molecular flexibility index (Phi) is 28.7. The summed E-state index contributed by atoms with van der Waals surface area (Å²) < 4.78 is 27.6. The number of aromatic nitrogens is 10. The van der Waals surface area contributed by atoms with Gasteiger partial charge in [0.25, 0.3) is 0 Å². The Morgan fingerprint density at radius 3 is 1.04 bits per heavy atom. The molecule has 10 aromatic heterocycles. The van der Waals surface area contributed by atoms with Gasteiger partial charge in [0.2, 0.25) is 0 Å². The number of nitrogens with two attached hydrogens (primary N) is 1. The zero-order valence-electron chi connectivity index (χ0n) is 61.7. The molecule has 0 radical (unpaired) electrons. The molecule has 7 N–H and O–H groups in total. The van der Waals surface area contributed by atoms with Crippen molar-refractivity contribution >= 4 is 164 Å². The topological polar surface area (TPSA) is 367 Å². The predicted octanol–water partition coefficient (Wildman–Crippen LogP) is 15.3. The molecule has 29 heteroatoms. The lowest BCUT2D eigenvalue weighted by Crippen LogP contribution is -2.27. The third-order valence-electron chi connectivity index (χ3n) is 17.0. The normalized spacial score (nSPS) is 11.7. The van der Waals surface area contributed by atoms with E-state index in [-0.39, 0.29) is 0 Å². The minimum absolute atomic E-state index is 0.398. The third-order valence-corrected chi connectivity index (χ3v) is 19.1. The van der Waals surface area contributed by atoms with Crippen molar-refractivity contribution in [1.82, 2.24) is 54.7 Å². The number of thioether (sulfide) groups is 2. The fraction of sp³-hybridized carbons (Fsp3) is 0.207. The summed E-state index contributed by atoms with van der Waals surface area (Å²) in [6.07, 6.45) is 15.2. The summed E-state index contributed by atoms with van der Waals surface area (Å²) in [7, 11) is 3.31. The van der Waals surface area contributed by atoms with Gasteiger partial charge in [0.1, 0.15) is 53.6 Å². The van der Waals surface area contributed by atoms with Crippen LogP contribution in [0, 0.1) is 0 Å². The van der Waals surface area contributed by atoms with Crippen molar-refractivity contribution in [1.29, 1.82) is 0 Å². The zero-order valence-corrected chi connectivity index (χ0v) is 63.3. The van der Waals surface area contributed by atoms with E-state index >= 15 is 0 Å². The maximum Gasteiger partial charge on any atom is 0.131 e. The number of rotatable bonds is 24. The van der Waals surface area contributed by atoms with E-state index in [1.165, 1.54) is 31.1 Å². The first-order chi connectivity index (χ1) is 54.4. The van der Waals surface area contributed by atoms with Gasteiger partial charge in [-0.3, -0.25) is 24.9 Å². The summed E-state index contributed by atoms with van der Waals surface area (Å²) >= 11 is 3.45. The number of oxime groups is 5. The van der Waals surface area contributed by atoms with E-state index in [1.807, 2.05) is 115 Å². The molecule has 566 valence electrons. The van der Waals surface area contributed by atoms with Gasteiger partial charge in [0, 0.05) is 151 Å². The van der Waals surface area contributed by atoms with Crippen LogP contribution in [0.15, 0.2) is 218 Å². The lowest BCUT2D eigenvalue weighted by atomic mass is 10.1. The monoisotopic (exact) mass is 1530 g/mol. The van der Waals surface area contributed by atoms with Crippen molar-refractivity contribution in [3.8, 4) is 17.2 Å². The molecule has 5 aromatic carbocycles. The summed E-state index contributed by atoms with van der Waals surface area (Å²) in [6, 6.07) is 48.6. The van der Waals surface area contributed by atoms with Crippen LogP contribution in [0.4, 0.5) is 0 Å². The molecule has 0 saturated heterocycles. The summed E-state index contributed by atoms with van der Waals surface area (Å²) in [5.41, 5.74) is 16.2. The number of nitrogens with zero attached hydrogens (tertiary/aromatic N) is 16. The molecule has 111 heavy (non-hydrogen) atoms. The number of ether oxygens (including phenoxy) is 5. The second kappa shape index (κ2) is 40.1. The average Bonchev–Trinajstić information content (AvgIpc) is 0.802. The fourth-order valence-corrected chi connectivity index (χ4v) is 14.0. The standard InChI is InChI=1S/C19H22N4O2.C16H15N3O3.C16H15N3O2S.C16H15N3OS.C15H14N4O2/c1-3-23(4-2)10-11-25-17-12-15(13-21-24)22-19-16(17)8-7-14-6-5-9-20-18(14)19;2*1-21-7-8-22-14-9-12(10-18-20)19-16-13(14)5-4-11-3-2-6-17-15(11)16;1-10(2)21-14-8-12(9-18-20)19-16-13(14)6-5-11-4-3-7-17-15(11)16;16-5-7-21-13-8-11(9-18-20)19-15-12(13)4-3-10-2-1-6-17-14(10)15/h5-9,12-13,24H,3-4,10-11H2,1-2H3;2*2-6,9-10,20H,7-8H2,1H3;3-10,20H,1-2H3;1-4,6,8-9,20H,5,7,16H2/b21-13+;2*18-10+;2*18-9+. The molecule has 0 unspecified atom stereocenters. The molecule has 0 aliphatic heterocycles. The Morgan fingerprint density at radius 1 is 0.387 bits per heavy atom. The molecular weight excluding hydrogens is 1450 g/mol.